The second-order valence-corrected chi connectivity index (χ2v) is 6.10. The first-order valence-corrected chi connectivity index (χ1v) is 8.32. The van der Waals surface area contributed by atoms with Gasteiger partial charge in [0.05, 0.1) is 11.7 Å². The van der Waals surface area contributed by atoms with Gasteiger partial charge in [0.2, 0.25) is 0 Å². The zero-order chi connectivity index (χ0) is 20.3. The lowest BCUT2D eigenvalue weighted by Crippen LogP contribution is -2.29. The summed E-state index contributed by atoms with van der Waals surface area (Å²) in [5.41, 5.74) is 2.00. The van der Waals surface area contributed by atoms with Crippen LogP contribution in [0.2, 0.25) is 0 Å². The van der Waals surface area contributed by atoms with Gasteiger partial charge in [-0.05, 0) is 48.9 Å². The molecule has 1 amide bonds. The van der Waals surface area contributed by atoms with E-state index in [1.54, 1.807) is 18.1 Å². The van der Waals surface area contributed by atoms with E-state index in [4.69, 9.17) is 0 Å². The van der Waals surface area contributed by atoms with Crippen molar-refractivity contribution in [2.24, 2.45) is 0 Å². The highest BCUT2D eigenvalue weighted by Crippen LogP contribution is 2.25. The van der Waals surface area contributed by atoms with E-state index in [1.807, 2.05) is 31.2 Å². The summed E-state index contributed by atoms with van der Waals surface area (Å²) in [5, 5.41) is 4.05. The van der Waals surface area contributed by atoms with Crippen LogP contribution in [0.4, 0.5) is 13.2 Å². The molecule has 146 valence electrons. The predicted molar refractivity (Wildman–Crippen MR) is 95.0 cm³/mol. The maximum Gasteiger partial charge on any atom is 0.573 e. The van der Waals surface area contributed by atoms with Crippen LogP contribution in [0.5, 0.6) is 5.75 Å². The van der Waals surface area contributed by atoms with E-state index < -0.39 is 6.36 Å². The number of alkyl halides is 3. The topological polar surface area (TPSA) is 60.2 Å². The Morgan fingerprint density at radius 3 is 2.29 bits per heavy atom. The van der Waals surface area contributed by atoms with Gasteiger partial charge in [0.1, 0.15) is 18.4 Å². The molecule has 0 N–H and O–H groups in total. The molecule has 3 rings (SSSR count). The number of hydrogen-bond acceptors (Lipinski definition) is 4. The molecule has 28 heavy (non-hydrogen) atoms. The Morgan fingerprint density at radius 2 is 1.75 bits per heavy atom. The highest BCUT2D eigenvalue weighted by molar-refractivity contribution is 5.94. The van der Waals surface area contributed by atoms with E-state index in [9.17, 15) is 18.0 Å². The summed E-state index contributed by atoms with van der Waals surface area (Å²) < 4.78 is 42.1. The van der Waals surface area contributed by atoms with Crippen molar-refractivity contribution in [2.75, 3.05) is 7.05 Å². The average molecular weight is 390 g/mol. The van der Waals surface area contributed by atoms with Crippen LogP contribution in [-0.2, 0) is 0 Å². The fraction of sp³-hybridized carbons (Fsp3) is 0.211. The molecule has 1 aromatic heterocycles. The van der Waals surface area contributed by atoms with Crippen LogP contribution in [-0.4, -0.2) is 39.0 Å². The molecule has 0 saturated carbocycles. The Morgan fingerprint density at radius 1 is 1.11 bits per heavy atom. The van der Waals surface area contributed by atoms with Gasteiger partial charge in [0.25, 0.3) is 5.91 Å². The normalized spacial score (nSPS) is 12.5. The molecule has 1 heterocycles. The van der Waals surface area contributed by atoms with Gasteiger partial charge >= 0.3 is 6.36 Å². The van der Waals surface area contributed by atoms with Crippen LogP contribution in [0.1, 0.15) is 28.9 Å². The van der Waals surface area contributed by atoms with Gasteiger partial charge in [-0.2, -0.15) is 5.10 Å². The average Bonchev–Trinajstić information content (AvgIpc) is 3.20. The number of rotatable bonds is 5. The fourth-order valence-corrected chi connectivity index (χ4v) is 2.65. The first-order chi connectivity index (χ1) is 13.2. The lowest BCUT2D eigenvalue weighted by atomic mass is 10.1. The van der Waals surface area contributed by atoms with Crippen molar-refractivity contribution in [2.45, 2.75) is 19.3 Å². The molecule has 9 heteroatoms. The smallest absolute Gasteiger partial charge is 0.406 e. The molecule has 0 fully saturated rings. The van der Waals surface area contributed by atoms with E-state index in [-0.39, 0.29) is 23.3 Å². The van der Waals surface area contributed by atoms with Gasteiger partial charge in [0, 0.05) is 12.6 Å². The predicted octanol–water partition coefficient (Wildman–Crippen LogP) is 4.00. The van der Waals surface area contributed by atoms with Crippen LogP contribution in [0.15, 0.2) is 61.2 Å². The number of carbonyl (C=O) groups is 1. The number of aromatic nitrogens is 3. The first-order valence-electron chi connectivity index (χ1n) is 8.32. The molecule has 0 aliphatic rings. The summed E-state index contributed by atoms with van der Waals surface area (Å²) in [6, 6.07) is 12.1. The van der Waals surface area contributed by atoms with Crippen LogP contribution >= 0.6 is 0 Å². The van der Waals surface area contributed by atoms with Crippen molar-refractivity contribution >= 4 is 5.91 Å². The Balaban J connectivity index is 1.70. The van der Waals surface area contributed by atoms with E-state index >= 15 is 0 Å². The first kappa shape index (κ1) is 19.4. The molecule has 3 aromatic rings. The number of hydrogen-bond donors (Lipinski definition) is 0. The quantitative estimate of drug-likeness (QED) is 0.661. The molecule has 0 aliphatic heterocycles. The van der Waals surface area contributed by atoms with Gasteiger partial charge in [-0.3, -0.25) is 4.79 Å². The third-order valence-electron chi connectivity index (χ3n) is 4.29. The highest BCUT2D eigenvalue weighted by Gasteiger charge is 2.31. The lowest BCUT2D eigenvalue weighted by Gasteiger charge is -2.25. The Labute approximate surface area is 159 Å². The molecular formula is C19H17F3N4O2. The SMILES string of the molecule is C[C@H](c1ccc(-n2cncn2)cc1)N(C)C(=O)c1ccc(OC(F)(F)F)cc1. The van der Waals surface area contributed by atoms with Crippen molar-refractivity contribution in [1.29, 1.82) is 0 Å². The lowest BCUT2D eigenvalue weighted by molar-refractivity contribution is -0.274. The standard InChI is InChI=1S/C19H17F3N4O2/c1-13(14-3-7-16(8-4-14)26-12-23-11-24-26)25(2)18(27)15-5-9-17(10-6-15)28-19(20,21)22/h3-13H,1-2H3/t13-/m1/s1. The monoisotopic (exact) mass is 390 g/mol. The number of halogens is 3. The molecule has 2 aromatic carbocycles. The van der Waals surface area contributed by atoms with Crippen LogP contribution in [0, 0.1) is 0 Å². The summed E-state index contributed by atoms with van der Waals surface area (Å²) in [7, 11) is 1.64. The van der Waals surface area contributed by atoms with E-state index in [0.29, 0.717) is 0 Å². The fourth-order valence-electron chi connectivity index (χ4n) is 2.65. The molecule has 6 nitrogen and oxygen atoms in total. The number of carbonyl (C=O) groups excluding carboxylic acids is 1. The molecular weight excluding hydrogens is 373 g/mol. The van der Waals surface area contributed by atoms with Crippen molar-refractivity contribution in [3.63, 3.8) is 0 Å². The molecule has 0 spiro atoms. The largest absolute Gasteiger partial charge is 0.573 e. The maximum absolute atomic E-state index is 12.7. The van der Waals surface area contributed by atoms with E-state index in [1.165, 1.54) is 23.4 Å². The van der Waals surface area contributed by atoms with Crippen LogP contribution < -0.4 is 4.74 Å². The maximum atomic E-state index is 12.7. The summed E-state index contributed by atoms with van der Waals surface area (Å²) in [4.78, 5) is 18.1. The number of amides is 1. The zero-order valence-electron chi connectivity index (χ0n) is 15.1. The summed E-state index contributed by atoms with van der Waals surface area (Å²) in [5.74, 6) is -0.685. The van der Waals surface area contributed by atoms with Gasteiger partial charge in [-0.15, -0.1) is 13.2 Å². The second-order valence-electron chi connectivity index (χ2n) is 6.10. The van der Waals surface area contributed by atoms with Crippen molar-refractivity contribution in [3.8, 4) is 11.4 Å². The molecule has 0 saturated heterocycles. The van der Waals surface area contributed by atoms with E-state index in [2.05, 4.69) is 14.8 Å². The Bertz CT molecular complexity index is 923. The number of ether oxygens (including phenoxy) is 1. The summed E-state index contributed by atoms with van der Waals surface area (Å²) in [6.45, 7) is 1.86. The van der Waals surface area contributed by atoms with E-state index in [0.717, 1.165) is 23.4 Å². The molecule has 0 bridgehead atoms. The molecule has 0 radical (unpaired) electrons. The molecule has 0 aliphatic carbocycles. The van der Waals surface area contributed by atoms with Gasteiger partial charge in [-0.25, -0.2) is 9.67 Å². The van der Waals surface area contributed by atoms with Crippen LogP contribution in [0.25, 0.3) is 5.69 Å². The van der Waals surface area contributed by atoms with Crippen LogP contribution in [0.3, 0.4) is 0 Å². The molecule has 1 atom stereocenters. The number of benzene rings is 2. The third kappa shape index (κ3) is 4.48. The Hall–Kier alpha value is -3.36. The minimum absolute atomic E-state index is 0.247. The highest BCUT2D eigenvalue weighted by atomic mass is 19.4. The summed E-state index contributed by atoms with van der Waals surface area (Å²) >= 11 is 0. The molecule has 0 unspecified atom stereocenters. The van der Waals surface area contributed by atoms with Crippen molar-refractivity contribution in [1.82, 2.24) is 19.7 Å². The minimum Gasteiger partial charge on any atom is -0.406 e. The van der Waals surface area contributed by atoms with Gasteiger partial charge in [-0.1, -0.05) is 12.1 Å². The third-order valence-corrected chi connectivity index (χ3v) is 4.29. The zero-order valence-corrected chi connectivity index (χ0v) is 15.1. The van der Waals surface area contributed by atoms with Gasteiger partial charge < -0.3 is 9.64 Å². The second kappa shape index (κ2) is 7.71. The Kier molecular flexibility index (Phi) is 5.34. The summed E-state index contributed by atoms with van der Waals surface area (Å²) in [6.07, 6.45) is -1.75. The van der Waals surface area contributed by atoms with Crippen molar-refractivity contribution < 1.29 is 22.7 Å². The van der Waals surface area contributed by atoms with Gasteiger partial charge in [0.15, 0.2) is 0 Å². The van der Waals surface area contributed by atoms with Crippen molar-refractivity contribution in [3.05, 3.63) is 72.3 Å². The number of nitrogens with zero attached hydrogens (tertiary/aromatic N) is 4. The minimum atomic E-state index is -4.77.